The molecule has 194 valence electrons. The van der Waals surface area contributed by atoms with E-state index in [0.717, 1.165) is 36.4 Å². The lowest BCUT2D eigenvalue weighted by Gasteiger charge is -2.16. The van der Waals surface area contributed by atoms with Gasteiger partial charge in [-0.1, -0.05) is 36.4 Å². The molecule has 0 bridgehead atoms. The predicted octanol–water partition coefficient (Wildman–Crippen LogP) is 8.41. The van der Waals surface area contributed by atoms with Crippen LogP contribution < -0.4 is 0 Å². The molecule has 0 saturated carbocycles. The van der Waals surface area contributed by atoms with Crippen molar-refractivity contribution in [3.63, 3.8) is 0 Å². The van der Waals surface area contributed by atoms with Gasteiger partial charge in [-0.25, -0.2) is 9.97 Å². The molecule has 0 aliphatic heterocycles. The zero-order chi connectivity index (χ0) is 27.9. The largest absolute Gasteiger partial charge is 0.416 e. The molecule has 1 heterocycles. The van der Waals surface area contributed by atoms with Gasteiger partial charge in [-0.3, -0.25) is 0 Å². The fraction of sp³-hybridized carbons (Fsp3) is 0.115. The van der Waals surface area contributed by atoms with Crippen molar-refractivity contribution in [3.05, 3.63) is 95.2 Å². The molecule has 0 atom stereocenters. The molecule has 0 N–H and O–H groups in total. The van der Waals surface area contributed by atoms with Crippen LogP contribution in [0, 0.1) is 11.3 Å². The van der Waals surface area contributed by atoms with E-state index in [1.807, 2.05) is 0 Å². The van der Waals surface area contributed by atoms with Gasteiger partial charge in [0.25, 0.3) is 0 Å². The summed E-state index contributed by atoms with van der Waals surface area (Å²) >= 11 is 0. The molecule has 0 aliphatic rings. The monoisotopic (exact) mass is 537 g/mol. The molecule has 0 amide bonds. The predicted molar refractivity (Wildman–Crippen MR) is 118 cm³/mol. The van der Waals surface area contributed by atoms with Crippen LogP contribution in [0.1, 0.15) is 22.4 Å². The van der Waals surface area contributed by atoms with Crippen LogP contribution in [-0.4, -0.2) is 9.97 Å². The zero-order valence-corrected chi connectivity index (χ0v) is 18.7. The summed E-state index contributed by atoms with van der Waals surface area (Å²) < 4.78 is 120. The van der Waals surface area contributed by atoms with Crippen molar-refractivity contribution < 1.29 is 39.5 Å². The summed E-state index contributed by atoms with van der Waals surface area (Å²) in [4.78, 5) is 8.27. The summed E-state index contributed by atoms with van der Waals surface area (Å²) in [7, 11) is 0. The maximum atomic E-state index is 13.4. The van der Waals surface area contributed by atoms with Gasteiger partial charge < -0.3 is 0 Å². The molecular formula is C26H12F9N3. The average Bonchev–Trinajstić information content (AvgIpc) is 2.86. The molecule has 0 unspecified atom stereocenters. The Balaban J connectivity index is 2.04. The van der Waals surface area contributed by atoms with Crippen molar-refractivity contribution in [2.45, 2.75) is 18.5 Å². The first-order valence-electron chi connectivity index (χ1n) is 10.5. The normalized spacial score (nSPS) is 12.3. The fourth-order valence-electron chi connectivity index (χ4n) is 3.65. The summed E-state index contributed by atoms with van der Waals surface area (Å²) in [6, 6.07) is 12.7. The van der Waals surface area contributed by atoms with Gasteiger partial charge in [0.05, 0.1) is 28.1 Å². The topological polar surface area (TPSA) is 49.6 Å². The Bertz CT molecular complexity index is 1550. The highest BCUT2D eigenvalue weighted by Crippen LogP contribution is 2.39. The first-order valence-corrected chi connectivity index (χ1v) is 10.5. The summed E-state index contributed by atoms with van der Waals surface area (Å²) in [5, 5.41) is 9.67. The SMILES string of the molecule is N#Cc1nc(-c2cccc(C(F)(F)F)c2)c(-c2cccc(C(F)(F)F)c2)nc1-c1cccc(C(F)(F)F)c1. The van der Waals surface area contributed by atoms with Crippen molar-refractivity contribution in [1.29, 1.82) is 5.26 Å². The highest BCUT2D eigenvalue weighted by molar-refractivity contribution is 5.82. The standard InChI is InChI=1S/C26H12F9N3/c27-24(28,29)17-7-1-4-14(10-17)21-20(13-36)37-22(15-5-2-8-18(11-15)25(30,31)32)23(38-21)16-6-3-9-19(12-16)26(33,34)35/h1-12H. The molecule has 0 fully saturated rings. The highest BCUT2D eigenvalue weighted by atomic mass is 19.4. The maximum Gasteiger partial charge on any atom is 0.416 e. The third kappa shape index (κ3) is 5.46. The molecule has 0 aliphatic carbocycles. The van der Waals surface area contributed by atoms with Gasteiger partial charge in [-0.05, 0) is 36.4 Å². The van der Waals surface area contributed by atoms with Crippen molar-refractivity contribution >= 4 is 0 Å². The Labute approximate surface area is 208 Å². The van der Waals surface area contributed by atoms with Crippen LogP contribution in [-0.2, 0) is 18.5 Å². The van der Waals surface area contributed by atoms with Crippen LogP contribution in [0.4, 0.5) is 39.5 Å². The first kappa shape index (κ1) is 26.7. The minimum atomic E-state index is -4.78. The number of hydrogen-bond donors (Lipinski definition) is 0. The van der Waals surface area contributed by atoms with E-state index in [1.165, 1.54) is 18.2 Å². The lowest BCUT2D eigenvalue weighted by molar-refractivity contribution is -0.138. The quantitative estimate of drug-likeness (QED) is 0.247. The third-order valence-electron chi connectivity index (χ3n) is 5.39. The van der Waals surface area contributed by atoms with Gasteiger partial charge >= 0.3 is 18.5 Å². The lowest BCUT2D eigenvalue weighted by Crippen LogP contribution is -2.07. The number of alkyl halides is 9. The van der Waals surface area contributed by atoms with E-state index in [9.17, 15) is 44.8 Å². The van der Waals surface area contributed by atoms with Crippen LogP contribution in [0.5, 0.6) is 0 Å². The number of aromatic nitrogens is 2. The van der Waals surface area contributed by atoms with Gasteiger partial charge in [0.15, 0.2) is 5.69 Å². The molecule has 4 aromatic rings. The summed E-state index contributed by atoms with van der Waals surface area (Å²) in [5.74, 6) is 0. The summed E-state index contributed by atoms with van der Waals surface area (Å²) in [6.07, 6.45) is -14.3. The maximum absolute atomic E-state index is 13.4. The minimum absolute atomic E-state index is 0.215. The van der Waals surface area contributed by atoms with Gasteiger partial charge in [0.2, 0.25) is 0 Å². The van der Waals surface area contributed by atoms with Crippen LogP contribution >= 0.6 is 0 Å². The Hall–Kier alpha value is -4.40. The second kappa shape index (κ2) is 9.48. The van der Waals surface area contributed by atoms with Gasteiger partial charge in [0, 0.05) is 16.7 Å². The molecule has 38 heavy (non-hydrogen) atoms. The van der Waals surface area contributed by atoms with Gasteiger partial charge in [-0.2, -0.15) is 44.8 Å². The van der Waals surface area contributed by atoms with Crippen LogP contribution in [0.25, 0.3) is 33.8 Å². The van der Waals surface area contributed by atoms with E-state index in [4.69, 9.17) is 0 Å². The van der Waals surface area contributed by atoms with E-state index in [2.05, 4.69) is 9.97 Å². The molecule has 0 radical (unpaired) electrons. The molecule has 4 rings (SSSR count). The Kier molecular flexibility index (Phi) is 6.65. The number of nitriles is 1. The molecule has 0 saturated heterocycles. The minimum Gasteiger partial charge on any atom is -0.242 e. The van der Waals surface area contributed by atoms with Gasteiger partial charge in [-0.15, -0.1) is 0 Å². The average molecular weight is 537 g/mol. The van der Waals surface area contributed by atoms with Crippen LogP contribution in [0.2, 0.25) is 0 Å². The number of rotatable bonds is 3. The smallest absolute Gasteiger partial charge is 0.242 e. The van der Waals surface area contributed by atoms with E-state index >= 15 is 0 Å². The number of nitrogens with zero attached hydrogens (tertiary/aromatic N) is 3. The zero-order valence-electron chi connectivity index (χ0n) is 18.7. The molecular weight excluding hydrogens is 525 g/mol. The van der Waals surface area contributed by atoms with Crippen molar-refractivity contribution in [2.75, 3.05) is 0 Å². The van der Waals surface area contributed by atoms with E-state index in [0.29, 0.717) is 18.2 Å². The highest BCUT2D eigenvalue weighted by Gasteiger charge is 2.33. The third-order valence-corrected chi connectivity index (χ3v) is 5.39. The van der Waals surface area contributed by atoms with Crippen LogP contribution in [0.15, 0.2) is 72.8 Å². The van der Waals surface area contributed by atoms with E-state index in [1.54, 1.807) is 6.07 Å². The van der Waals surface area contributed by atoms with Gasteiger partial charge in [0.1, 0.15) is 11.8 Å². The summed E-state index contributed by atoms with van der Waals surface area (Å²) in [5.41, 5.74) is -5.57. The van der Waals surface area contributed by atoms with E-state index in [-0.39, 0.29) is 33.8 Å². The number of benzene rings is 3. The number of halogens is 9. The second-order valence-electron chi connectivity index (χ2n) is 7.97. The molecule has 0 spiro atoms. The van der Waals surface area contributed by atoms with Crippen molar-refractivity contribution in [2.24, 2.45) is 0 Å². The van der Waals surface area contributed by atoms with Crippen molar-refractivity contribution in [3.8, 4) is 39.8 Å². The fourth-order valence-corrected chi connectivity index (χ4v) is 3.65. The first-order chi connectivity index (χ1) is 17.7. The molecule has 3 nitrogen and oxygen atoms in total. The lowest BCUT2D eigenvalue weighted by atomic mass is 9.99. The molecule has 12 heteroatoms. The second-order valence-corrected chi connectivity index (χ2v) is 7.97. The molecule has 3 aromatic carbocycles. The Morgan fingerprint density at radius 1 is 0.500 bits per heavy atom. The Morgan fingerprint density at radius 3 is 1.18 bits per heavy atom. The van der Waals surface area contributed by atoms with Crippen LogP contribution in [0.3, 0.4) is 0 Å². The summed E-state index contributed by atoms with van der Waals surface area (Å²) in [6.45, 7) is 0. The number of hydrogen-bond acceptors (Lipinski definition) is 3. The van der Waals surface area contributed by atoms with E-state index < -0.39 is 40.9 Å². The molecule has 1 aromatic heterocycles. The Morgan fingerprint density at radius 2 is 0.842 bits per heavy atom. The van der Waals surface area contributed by atoms with Crippen molar-refractivity contribution in [1.82, 2.24) is 9.97 Å².